The standard InChI is InChI=1S/C9H7N3/c1-12-9-7(5-10)3-2-4-8(9)6-11-12/h2-4,6H,1H3. The lowest BCUT2D eigenvalue weighted by atomic mass is 10.2. The Kier molecular flexibility index (Phi) is 1.34. The normalized spacial score (nSPS) is 10.0. The molecule has 12 heavy (non-hydrogen) atoms. The molecule has 2 rings (SSSR count). The molecule has 1 aromatic carbocycles. The molecule has 2 aromatic rings. The average molecular weight is 157 g/mol. The topological polar surface area (TPSA) is 41.6 Å². The van der Waals surface area contributed by atoms with Crippen LogP contribution < -0.4 is 0 Å². The lowest BCUT2D eigenvalue weighted by molar-refractivity contribution is 0.796. The summed E-state index contributed by atoms with van der Waals surface area (Å²) in [6.45, 7) is 0. The van der Waals surface area contributed by atoms with Crippen LogP contribution in [0, 0.1) is 11.3 Å². The van der Waals surface area contributed by atoms with Crippen LogP contribution in [0.25, 0.3) is 10.9 Å². The van der Waals surface area contributed by atoms with Gasteiger partial charge in [-0.05, 0) is 6.07 Å². The maximum atomic E-state index is 8.79. The zero-order valence-corrected chi connectivity index (χ0v) is 6.65. The van der Waals surface area contributed by atoms with Crippen LogP contribution in [0.15, 0.2) is 24.4 Å². The first-order valence-corrected chi connectivity index (χ1v) is 3.64. The molecule has 0 unspecified atom stereocenters. The average Bonchev–Trinajstić information content (AvgIpc) is 2.48. The number of aromatic nitrogens is 2. The third-order valence-electron chi connectivity index (χ3n) is 1.88. The molecule has 1 heterocycles. The molecule has 0 saturated carbocycles. The van der Waals surface area contributed by atoms with E-state index in [-0.39, 0.29) is 0 Å². The van der Waals surface area contributed by atoms with Gasteiger partial charge in [0.1, 0.15) is 6.07 Å². The van der Waals surface area contributed by atoms with E-state index in [4.69, 9.17) is 5.26 Å². The van der Waals surface area contributed by atoms with E-state index in [1.54, 1.807) is 16.9 Å². The van der Waals surface area contributed by atoms with Gasteiger partial charge in [0.15, 0.2) is 0 Å². The highest BCUT2D eigenvalue weighted by atomic mass is 15.2. The van der Waals surface area contributed by atoms with Crippen LogP contribution in [0.4, 0.5) is 0 Å². The predicted octanol–water partition coefficient (Wildman–Crippen LogP) is 1.44. The Morgan fingerprint density at radius 2 is 2.33 bits per heavy atom. The molecule has 0 bridgehead atoms. The van der Waals surface area contributed by atoms with E-state index < -0.39 is 0 Å². The summed E-state index contributed by atoms with van der Waals surface area (Å²) in [5, 5.41) is 13.9. The number of rotatable bonds is 0. The minimum atomic E-state index is 0.674. The molecule has 3 heteroatoms. The number of para-hydroxylation sites is 1. The van der Waals surface area contributed by atoms with Gasteiger partial charge in [-0.3, -0.25) is 4.68 Å². The Hall–Kier alpha value is -1.82. The molecule has 0 atom stereocenters. The van der Waals surface area contributed by atoms with E-state index >= 15 is 0 Å². The van der Waals surface area contributed by atoms with Crippen molar-refractivity contribution in [3.8, 4) is 6.07 Å². The molecule has 0 radical (unpaired) electrons. The van der Waals surface area contributed by atoms with Crippen molar-refractivity contribution < 1.29 is 0 Å². The van der Waals surface area contributed by atoms with E-state index in [1.807, 2.05) is 19.2 Å². The Labute approximate surface area is 69.8 Å². The van der Waals surface area contributed by atoms with Crippen molar-refractivity contribution in [1.29, 1.82) is 5.26 Å². The highest BCUT2D eigenvalue weighted by Gasteiger charge is 2.03. The number of aryl methyl sites for hydroxylation is 1. The van der Waals surface area contributed by atoms with E-state index in [0.29, 0.717) is 5.56 Å². The number of benzene rings is 1. The first-order chi connectivity index (χ1) is 5.83. The summed E-state index contributed by atoms with van der Waals surface area (Å²) >= 11 is 0. The van der Waals surface area contributed by atoms with Crippen LogP contribution in [-0.4, -0.2) is 9.78 Å². The summed E-state index contributed by atoms with van der Waals surface area (Å²) in [6.07, 6.45) is 1.76. The maximum absolute atomic E-state index is 8.79. The van der Waals surface area contributed by atoms with Gasteiger partial charge < -0.3 is 0 Å². The largest absolute Gasteiger partial charge is 0.267 e. The zero-order chi connectivity index (χ0) is 8.55. The van der Waals surface area contributed by atoms with Crippen molar-refractivity contribution in [2.45, 2.75) is 0 Å². The first-order valence-electron chi connectivity index (χ1n) is 3.64. The van der Waals surface area contributed by atoms with Crippen molar-refractivity contribution >= 4 is 10.9 Å². The fraction of sp³-hybridized carbons (Fsp3) is 0.111. The summed E-state index contributed by atoms with van der Waals surface area (Å²) in [6, 6.07) is 7.74. The summed E-state index contributed by atoms with van der Waals surface area (Å²) in [5.41, 5.74) is 1.58. The van der Waals surface area contributed by atoms with Crippen LogP contribution in [0.1, 0.15) is 5.56 Å². The number of hydrogen-bond acceptors (Lipinski definition) is 2. The van der Waals surface area contributed by atoms with Crippen LogP contribution in [-0.2, 0) is 7.05 Å². The lowest BCUT2D eigenvalue weighted by Gasteiger charge is -1.94. The van der Waals surface area contributed by atoms with Crippen molar-refractivity contribution in [3.05, 3.63) is 30.0 Å². The SMILES string of the molecule is Cn1ncc2cccc(C#N)c21. The highest BCUT2D eigenvalue weighted by molar-refractivity contribution is 5.84. The van der Waals surface area contributed by atoms with Gasteiger partial charge in [0, 0.05) is 12.4 Å². The number of hydrogen-bond donors (Lipinski definition) is 0. The minimum Gasteiger partial charge on any atom is -0.267 e. The Morgan fingerprint density at radius 3 is 3.08 bits per heavy atom. The molecular formula is C9H7N3. The van der Waals surface area contributed by atoms with Gasteiger partial charge in [0.05, 0.1) is 17.3 Å². The second-order valence-electron chi connectivity index (χ2n) is 2.62. The Bertz CT molecular complexity index is 462. The molecule has 0 aliphatic carbocycles. The van der Waals surface area contributed by atoms with Gasteiger partial charge in [0.25, 0.3) is 0 Å². The number of fused-ring (bicyclic) bond motifs is 1. The molecule has 0 amide bonds. The van der Waals surface area contributed by atoms with Gasteiger partial charge in [-0.25, -0.2) is 0 Å². The maximum Gasteiger partial charge on any atom is 0.101 e. The van der Waals surface area contributed by atoms with Crippen LogP contribution >= 0.6 is 0 Å². The van der Waals surface area contributed by atoms with Crippen molar-refractivity contribution in [2.24, 2.45) is 7.05 Å². The highest BCUT2D eigenvalue weighted by Crippen LogP contribution is 2.16. The Morgan fingerprint density at radius 1 is 1.50 bits per heavy atom. The summed E-state index contributed by atoms with van der Waals surface area (Å²) in [5.74, 6) is 0. The molecule has 3 nitrogen and oxygen atoms in total. The second kappa shape index (κ2) is 2.35. The quantitative estimate of drug-likeness (QED) is 0.580. The van der Waals surface area contributed by atoms with E-state index in [0.717, 1.165) is 10.9 Å². The van der Waals surface area contributed by atoms with Gasteiger partial charge in [-0.15, -0.1) is 0 Å². The molecule has 0 N–H and O–H groups in total. The lowest BCUT2D eigenvalue weighted by Crippen LogP contribution is -1.91. The van der Waals surface area contributed by atoms with Crippen molar-refractivity contribution in [3.63, 3.8) is 0 Å². The minimum absolute atomic E-state index is 0.674. The molecule has 1 aromatic heterocycles. The summed E-state index contributed by atoms with van der Waals surface area (Å²) in [7, 11) is 1.84. The number of nitriles is 1. The summed E-state index contributed by atoms with van der Waals surface area (Å²) in [4.78, 5) is 0. The van der Waals surface area contributed by atoms with Crippen LogP contribution in [0.2, 0.25) is 0 Å². The third kappa shape index (κ3) is 0.785. The van der Waals surface area contributed by atoms with E-state index in [1.165, 1.54) is 0 Å². The van der Waals surface area contributed by atoms with E-state index in [2.05, 4.69) is 11.2 Å². The number of nitrogens with zero attached hydrogens (tertiary/aromatic N) is 3. The van der Waals surface area contributed by atoms with Crippen molar-refractivity contribution in [2.75, 3.05) is 0 Å². The second-order valence-corrected chi connectivity index (χ2v) is 2.62. The predicted molar refractivity (Wildman–Crippen MR) is 45.4 cm³/mol. The first kappa shape index (κ1) is 6.86. The van der Waals surface area contributed by atoms with Crippen LogP contribution in [0.5, 0.6) is 0 Å². The van der Waals surface area contributed by atoms with Gasteiger partial charge in [0.2, 0.25) is 0 Å². The fourth-order valence-electron chi connectivity index (χ4n) is 1.32. The smallest absolute Gasteiger partial charge is 0.101 e. The van der Waals surface area contributed by atoms with Gasteiger partial charge >= 0.3 is 0 Å². The molecule has 0 aliphatic heterocycles. The Balaban J connectivity index is 2.96. The fourth-order valence-corrected chi connectivity index (χ4v) is 1.32. The van der Waals surface area contributed by atoms with Gasteiger partial charge in [-0.1, -0.05) is 12.1 Å². The molecule has 0 spiro atoms. The monoisotopic (exact) mass is 157 g/mol. The summed E-state index contributed by atoms with van der Waals surface area (Å²) < 4.78 is 1.72. The van der Waals surface area contributed by atoms with Gasteiger partial charge in [-0.2, -0.15) is 10.4 Å². The molecule has 0 saturated heterocycles. The molecule has 0 fully saturated rings. The van der Waals surface area contributed by atoms with Crippen molar-refractivity contribution in [1.82, 2.24) is 9.78 Å². The zero-order valence-electron chi connectivity index (χ0n) is 6.65. The van der Waals surface area contributed by atoms with Crippen LogP contribution in [0.3, 0.4) is 0 Å². The molecular weight excluding hydrogens is 150 g/mol. The van der Waals surface area contributed by atoms with E-state index in [9.17, 15) is 0 Å². The third-order valence-corrected chi connectivity index (χ3v) is 1.88. The molecule has 0 aliphatic rings. The molecule has 58 valence electrons.